The van der Waals surface area contributed by atoms with E-state index in [1.165, 1.54) is 6.92 Å². The Labute approximate surface area is 209 Å². The predicted octanol–water partition coefficient (Wildman–Crippen LogP) is 0.372. The number of rotatable bonds is 14. The Balaban J connectivity index is 2.47. The third-order valence-corrected chi connectivity index (χ3v) is 4.54. The maximum Gasteiger partial charge on any atom is 0.213 e. The van der Waals surface area contributed by atoms with Crippen molar-refractivity contribution in [1.82, 2.24) is 5.43 Å². The maximum absolute atomic E-state index is 11.5. The van der Waals surface area contributed by atoms with E-state index < -0.39 is 0 Å². The summed E-state index contributed by atoms with van der Waals surface area (Å²) >= 11 is 0. The topological polar surface area (TPSA) is 272 Å². The van der Waals surface area contributed by atoms with Crippen LogP contribution in [0.1, 0.15) is 67.8 Å². The van der Waals surface area contributed by atoms with Gasteiger partial charge in [0.15, 0.2) is 11.6 Å². The fourth-order valence-corrected chi connectivity index (χ4v) is 2.83. The number of carbonyl (C=O) groups is 1. The SMILES string of the molecule is CC(=O)c1ccc(C(=NCCCCCCCCC(N=NN=C(N)N)=NN=C(N)N)NN=C(N)N)cc1. The standard InChI is InChI=1S/C21H36N14O/c1-14(36)15-9-11-16(12-10-15)18(31-33-20(24)25)28-13-7-5-3-2-4-6-8-17(29-32-19(22)23)30-35-34-21(26)27/h9-12H,2-8,13H2,1H3,(H,28,31)(H4,22,23,32)(H4,24,25,33)(H4,26,27,29,30,34). The molecule has 0 saturated heterocycles. The first-order chi connectivity index (χ1) is 17.2. The summed E-state index contributed by atoms with van der Waals surface area (Å²) in [5, 5.41) is 22.0. The number of nitrogens with two attached hydrogens (primary N) is 6. The number of benzene rings is 1. The van der Waals surface area contributed by atoms with Gasteiger partial charge in [-0.25, -0.2) is 0 Å². The van der Waals surface area contributed by atoms with Crippen LogP contribution in [-0.4, -0.2) is 41.9 Å². The van der Waals surface area contributed by atoms with E-state index in [1.807, 2.05) is 0 Å². The van der Waals surface area contributed by atoms with Crippen molar-refractivity contribution in [3.8, 4) is 0 Å². The van der Waals surface area contributed by atoms with Crippen molar-refractivity contribution in [3.63, 3.8) is 0 Å². The molecule has 0 atom stereocenters. The highest BCUT2D eigenvalue weighted by Gasteiger charge is 2.05. The van der Waals surface area contributed by atoms with Crippen molar-refractivity contribution >= 4 is 35.3 Å². The first-order valence-corrected chi connectivity index (χ1v) is 11.3. The van der Waals surface area contributed by atoms with E-state index in [2.05, 4.69) is 41.2 Å². The zero-order chi connectivity index (χ0) is 26.8. The molecule has 0 spiro atoms. The van der Waals surface area contributed by atoms with Crippen LogP contribution in [0.15, 0.2) is 60.0 Å². The second-order valence-corrected chi connectivity index (χ2v) is 7.64. The average molecular weight is 501 g/mol. The number of nitrogens with zero attached hydrogens (tertiary/aromatic N) is 7. The summed E-state index contributed by atoms with van der Waals surface area (Å²) in [6, 6.07) is 7.07. The van der Waals surface area contributed by atoms with Gasteiger partial charge in [-0.1, -0.05) is 55.1 Å². The lowest BCUT2D eigenvalue weighted by Crippen LogP contribution is -2.29. The Morgan fingerprint density at radius 1 is 0.750 bits per heavy atom. The van der Waals surface area contributed by atoms with E-state index in [9.17, 15) is 4.79 Å². The molecular weight excluding hydrogens is 464 g/mol. The van der Waals surface area contributed by atoms with Gasteiger partial charge in [-0.2, -0.15) is 0 Å². The molecule has 0 heterocycles. The van der Waals surface area contributed by atoms with Crippen molar-refractivity contribution in [3.05, 3.63) is 35.4 Å². The van der Waals surface area contributed by atoms with Gasteiger partial charge in [-0.3, -0.25) is 15.2 Å². The van der Waals surface area contributed by atoms with Crippen LogP contribution in [0.5, 0.6) is 0 Å². The highest BCUT2D eigenvalue weighted by atomic mass is 16.1. The van der Waals surface area contributed by atoms with Gasteiger partial charge in [0.25, 0.3) is 0 Å². The predicted molar refractivity (Wildman–Crippen MR) is 143 cm³/mol. The summed E-state index contributed by atoms with van der Waals surface area (Å²) in [5.74, 6) is 0.337. The second kappa shape index (κ2) is 17.0. The van der Waals surface area contributed by atoms with Crippen LogP contribution in [-0.2, 0) is 0 Å². The van der Waals surface area contributed by atoms with Crippen molar-refractivity contribution < 1.29 is 4.79 Å². The summed E-state index contributed by atoms with van der Waals surface area (Å²) in [7, 11) is 0. The minimum Gasteiger partial charge on any atom is -0.369 e. The van der Waals surface area contributed by atoms with Crippen LogP contribution in [0.25, 0.3) is 0 Å². The molecule has 13 N–H and O–H groups in total. The normalized spacial score (nSPS) is 11.7. The minimum atomic E-state index is -0.214. The van der Waals surface area contributed by atoms with Gasteiger partial charge >= 0.3 is 0 Å². The number of aliphatic imine (C=N–C) groups is 1. The average Bonchev–Trinajstić information content (AvgIpc) is 2.82. The molecule has 0 aliphatic rings. The highest BCUT2D eigenvalue weighted by molar-refractivity contribution is 6.01. The minimum absolute atomic E-state index is 0.00942. The maximum atomic E-state index is 11.5. The fourth-order valence-electron chi connectivity index (χ4n) is 2.83. The van der Waals surface area contributed by atoms with E-state index in [-0.39, 0.29) is 23.7 Å². The largest absolute Gasteiger partial charge is 0.369 e. The molecule has 196 valence electrons. The van der Waals surface area contributed by atoms with Crippen molar-refractivity contribution in [1.29, 1.82) is 0 Å². The van der Waals surface area contributed by atoms with Crippen molar-refractivity contribution in [2.75, 3.05) is 6.54 Å². The molecule has 0 aliphatic heterocycles. The van der Waals surface area contributed by atoms with E-state index in [4.69, 9.17) is 34.4 Å². The first-order valence-electron chi connectivity index (χ1n) is 11.3. The molecule has 0 radical (unpaired) electrons. The summed E-state index contributed by atoms with van der Waals surface area (Å²) in [5.41, 5.74) is 36.0. The number of amidine groups is 2. The Morgan fingerprint density at radius 3 is 1.92 bits per heavy atom. The molecule has 0 amide bonds. The molecule has 1 aromatic carbocycles. The number of hydrogen-bond donors (Lipinski definition) is 7. The number of carbonyl (C=O) groups excluding carboxylic acids is 1. The monoisotopic (exact) mass is 500 g/mol. The molecule has 0 unspecified atom stereocenters. The Bertz CT molecular complexity index is 996. The van der Waals surface area contributed by atoms with Crippen molar-refractivity contribution in [2.45, 2.75) is 51.9 Å². The molecular formula is C21H36N14O. The third kappa shape index (κ3) is 13.9. The number of nitrogens with one attached hydrogen (secondary N) is 1. The van der Waals surface area contributed by atoms with E-state index in [0.717, 1.165) is 44.1 Å². The lowest BCUT2D eigenvalue weighted by Gasteiger charge is -2.08. The molecule has 15 nitrogen and oxygen atoms in total. The number of unbranched alkanes of at least 4 members (excludes halogenated alkanes) is 5. The summed E-state index contributed by atoms with van der Waals surface area (Å²) < 4.78 is 0. The highest BCUT2D eigenvalue weighted by Crippen LogP contribution is 2.10. The van der Waals surface area contributed by atoms with Gasteiger partial charge in [0, 0.05) is 24.1 Å². The number of hydrogen-bond acceptors (Lipinski definition) is 6. The van der Waals surface area contributed by atoms with Crippen LogP contribution in [0.2, 0.25) is 0 Å². The van der Waals surface area contributed by atoms with Gasteiger partial charge in [-0.05, 0) is 25.0 Å². The first kappa shape index (κ1) is 29.5. The van der Waals surface area contributed by atoms with E-state index in [1.54, 1.807) is 24.3 Å². The van der Waals surface area contributed by atoms with Gasteiger partial charge in [0.2, 0.25) is 17.9 Å². The molecule has 0 aliphatic carbocycles. The van der Waals surface area contributed by atoms with Crippen LogP contribution >= 0.6 is 0 Å². The lowest BCUT2D eigenvalue weighted by atomic mass is 10.1. The van der Waals surface area contributed by atoms with Crippen LogP contribution in [0.3, 0.4) is 0 Å². The van der Waals surface area contributed by atoms with Gasteiger partial charge in [0.05, 0.1) is 0 Å². The van der Waals surface area contributed by atoms with E-state index >= 15 is 0 Å². The fraction of sp³-hybridized carbons (Fsp3) is 0.429. The molecule has 0 bridgehead atoms. The van der Waals surface area contributed by atoms with Crippen molar-refractivity contribution in [2.24, 2.45) is 70.1 Å². The zero-order valence-corrected chi connectivity index (χ0v) is 20.5. The van der Waals surface area contributed by atoms with Crippen LogP contribution in [0, 0.1) is 0 Å². The Morgan fingerprint density at radius 2 is 1.33 bits per heavy atom. The Hall–Kier alpha value is -4.56. The van der Waals surface area contributed by atoms with Gasteiger partial charge < -0.3 is 34.4 Å². The number of hydrazone groups is 1. The van der Waals surface area contributed by atoms with Crippen LogP contribution in [0.4, 0.5) is 0 Å². The number of Topliss-reactive ketones (excluding diaryl/α,β-unsaturated/α-hetero) is 1. The molecule has 0 saturated carbocycles. The Kier molecular flexibility index (Phi) is 13.9. The molecule has 0 aromatic heterocycles. The molecule has 36 heavy (non-hydrogen) atoms. The summed E-state index contributed by atoms with van der Waals surface area (Å²) in [6.45, 7) is 2.11. The quantitative estimate of drug-likeness (QED) is 0.0466. The number of guanidine groups is 3. The molecule has 1 rings (SSSR count). The second-order valence-electron chi connectivity index (χ2n) is 7.64. The smallest absolute Gasteiger partial charge is 0.213 e. The summed E-state index contributed by atoms with van der Waals surface area (Å²) in [6.07, 6.45) is 6.25. The van der Waals surface area contributed by atoms with Crippen LogP contribution < -0.4 is 39.8 Å². The third-order valence-electron chi connectivity index (χ3n) is 4.54. The van der Waals surface area contributed by atoms with E-state index in [0.29, 0.717) is 30.2 Å². The number of ketones is 1. The lowest BCUT2D eigenvalue weighted by molar-refractivity contribution is 0.101. The molecule has 1 aromatic rings. The molecule has 15 heteroatoms. The summed E-state index contributed by atoms with van der Waals surface area (Å²) in [4.78, 5) is 16.1. The zero-order valence-electron chi connectivity index (χ0n) is 20.5. The van der Waals surface area contributed by atoms with Gasteiger partial charge in [-0.15, -0.1) is 20.4 Å². The molecule has 0 fully saturated rings. The van der Waals surface area contributed by atoms with Gasteiger partial charge in [0.1, 0.15) is 5.84 Å².